The van der Waals surface area contributed by atoms with Gasteiger partial charge >= 0.3 is 0 Å². The number of thiophene rings is 1. The Morgan fingerprint density at radius 2 is 1.72 bits per heavy atom. The zero-order chi connectivity index (χ0) is 20.5. The summed E-state index contributed by atoms with van der Waals surface area (Å²) in [5.74, 6) is -0.578. The van der Waals surface area contributed by atoms with Gasteiger partial charge < -0.3 is 5.32 Å². The average molecular weight is 422 g/mol. The normalized spacial score (nSPS) is 11.3. The van der Waals surface area contributed by atoms with E-state index < -0.39 is 5.37 Å². The van der Waals surface area contributed by atoms with E-state index in [0.29, 0.717) is 5.00 Å². The molecule has 1 heterocycles. The monoisotopic (exact) mass is 421 g/mol. The zero-order valence-corrected chi connectivity index (χ0v) is 17.2. The summed E-state index contributed by atoms with van der Waals surface area (Å²) in [5.41, 5.74) is 0.869. The largest absolute Gasteiger partial charge is 0.335 e. The maximum atomic E-state index is 13.3. The zero-order valence-electron chi connectivity index (χ0n) is 15.5. The Kier molecular flexibility index (Phi) is 7.45. The highest BCUT2D eigenvalue weighted by Gasteiger charge is 2.28. The fourth-order valence-corrected chi connectivity index (χ4v) is 4.40. The van der Waals surface area contributed by atoms with Crippen molar-refractivity contribution in [1.29, 1.82) is 5.26 Å². The SMILES string of the molecule is N#CCN(C(=O)C(NC(=O)Cc1ccccc1)Sc1ccccc1)c1cccs1. The molecule has 0 aliphatic carbocycles. The molecule has 0 saturated heterocycles. The number of hydrogen-bond acceptors (Lipinski definition) is 5. The fourth-order valence-electron chi connectivity index (χ4n) is 2.66. The highest BCUT2D eigenvalue weighted by atomic mass is 32.2. The summed E-state index contributed by atoms with van der Waals surface area (Å²) in [5, 5.41) is 13.7. The molecule has 1 aromatic heterocycles. The van der Waals surface area contributed by atoms with Gasteiger partial charge in [0.05, 0.1) is 17.5 Å². The van der Waals surface area contributed by atoms with E-state index in [0.717, 1.165) is 10.5 Å². The minimum Gasteiger partial charge on any atom is -0.335 e. The molecule has 146 valence electrons. The molecule has 0 aliphatic rings. The van der Waals surface area contributed by atoms with Crippen molar-refractivity contribution in [3.63, 3.8) is 0 Å². The molecule has 0 aliphatic heterocycles. The maximum absolute atomic E-state index is 13.3. The number of nitriles is 1. The summed E-state index contributed by atoms with van der Waals surface area (Å²) in [6, 6.07) is 24.4. The number of thioether (sulfide) groups is 1. The number of amides is 2. The highest BCUT2D eigenvalue weighted by molar-refractivity contribution is 8.00. The van der Waals surface area contributed by atoms with Gasteiger partial charge in [0.15, 0.2) is 5.37 Å². The van der Waals surface area contributed by atoms with Crippen LogP contribution >= 0.6 is 23.1 Å². The van der Waals surface area contributed by atoms with Gasteiger partial charge in [-0.15, -0.1) is 11.3 Å². The molecule has 1 N–H and O–H groups in total. The first-order valence-electron chi connectivity index (χ1n) is 8.94. The van der Waals surface area contributed by atoms with Gasteiger partial charge in [-0.1, -0.05) is 60.3 Å². The third-order valence-corrected chi connectivity index (χ3v) is 5.98. The van der Waals surface area contributed by atoms with E-state index in [1.807, 2.05) is 78.2 Å². The summed E-state index contributed by atoms with van der Waals surface area (Å²) < 4.78 is 0. The highest BCUT2D eigenvalue weighted by Crippen LogP contribution is 2.27. The number of nitrogens with zero attached hydrogens (tertiary/aromatic N) is 2. The molecule has 5 nitrogen and oxygen atoms in total. The number of carbonyl (C=O) groups is 2. The second kappa shape index (κ2) is 10.5. The molecule has 0 fully saturated rings. The molecule has 7 heteroatoms. The van der Waals surface area contributed by atoms with Crippen molar-refractivity contribution in [2.24, 2.45) is 0 Å². The first kappa shape index (κ1) is 20.6. The first-order valence-corrected chi connectivity index (χ1v) is 10.7. The predicted octanol–water partition coefficient (Wildman–Crippen LogP) is 4.08. The molecule has 1 atom stereocenters. The summed E-state index contributed by atoms with van der Waals surface area (Å²) in [7, 11) is 0. The van der Waals surface area contributed by atoms with Gasteiger partial charge in [-0.25, -0.2) is 0 Å². The molecule has 0 bridgehead atoms. The molecule has 0 spiro atoms. The number of carbonyl (C=O) groups excluding carboxylic acids is 2. The summed E-state index contributed by atoms with van der Waals surface area (Å²) >= 11 is 2.64. The Hall–Kier alpha value is -3.08. The van der Waals surface area contributed by atoms with Crippen molar-refractivity contribution in [2.45, 2.75) is 16.7 Å². The maximum Gasteiger partial charge on any atom is 0.261 e. The molecule has 1 unspecified atom stereocenters. The van der Waals surface area contributed by atoms with Crippen LogP contribution in [0.3, 0.4) is 0 Å². The van der Waals surface area contributed by atoms with Crippen molar-refractivity contribution in [2.75, 3.05) is 11.4 Å². The van der Waals surface area contributed by atoms with Crippen molar-refractivity contribution < 1.29 is 9.59 Å². The molecule has 0 radical (unpaired) electrons. The lowest BCUT2D eigenvalue weighted by molar-refractivity contribution is -0.125. The Labute approximate surface area is 178 Å². The minimum atomic E-state index is -0.843. The van der Waals surface area contributed by atoms with Crippen LogP contribution in [0.15, 0.2) is 83.1 Å². The van der Waals surface area contributed by atoms with Crippen molar-refractivity contribution in [1.82, 2.24) is 5.32 Å². The van der Waals surface area contributed by atoms with Gasteiger partial charge in [0, 0.05) is 4.90 Å². The van der Waals surface area contributed by atoms with Gasteiger partial charge in [-0.05, 0) is 35.2 Å². The molecule has 3 aromatic rings. The van der Waals surface area contributed by atoms with E-state index >= 15 is 0 Å². The van der Waals surface area contributed by atoms with Crippen LogP contribution in [-0.4, -0.2) is 23.7 Å². The van der Waals surface area contributed by atoms with E-state index in [-0.39, 0.29) is 24.8 Å². The molecule has 3 rings (SSSR count). The van der Waals surface area contributed by atoms with Crippen LogP contribution in [0.2, 0.25) is 0 Å². The number of benzene rings is 2. The molecule has 29 heavy (non-hydrogen) atoms. The molecular formula is C22H19N3O2S2. The van der Waals surface area contributed by atoms with Gasteiger partial charge in [-0.2, -0.15) is 5.26 Å². The van der Waals surface area contributed by atoms with E-state index in [4.69, 9.17) is 0 Å². The lowest BCUT2D eigenvalue weighted by Gasteiger charge is -2.24. The topological polar surface area (TPSA) is 73.2 Å². The quantitative estimate of drug-likeness (QED) is 0.338. The van der Waals surface area contributed by atoms with E-state index in [1.165, 1.54) is 28.0 Å². The van der Waals surface area contributed by atoms with Gasteiger partial charge in [0.25, 0.3) is 5.91 Å². The Morgan fingerprint density at radius 1 is 1.03 bits per heavy atom. The summed E-state index contributed by atoms with van der Waals surface area (Å²) in [6.45, 7) is -0.0836. The third-order valence-electron chi connectivity index (χ3n) is 3.99. The van der Waals surface area contributed by atoms with Crippen molar-refractivity contribution >= 4 is 39.9 Å². The van der Waals surface area contributed by atoms with Crippen LogP contribution in [-0.2, 0) is 16.0 Å². The third kappa shape index (κ3) is 5.95. The minimum absolute atomic E-state index is 0.0836. The molecule has 2 aromatic carbocycles. The van der Waals surface area contributed by atoms with Crippen LogP contribution in [0, 0.1) is 11.3 Å². The van der Waals surface area contributed by atoms with Gasteiger partial charge in [0.1, 0.15) is 6.54 Å². The Morgan fingerprint density at radius 3 is 2.34 bits per heavy atom. The smallest absolute Gasteiger partial charge is 0.261 e. The second-order valence-corrected chi connectivity index (χ2v) is 8.18. The van der Waals surface area contributed by atoms with E-state index in [1.54, 1.807) is 6.07 Å². The first-order chi connectivity index (χ1) is 14.2. The lowest BCUT2D eigenvalue weighted by atomic mass is 10.1. The van der Waals surface area contributed by atoms with Crippen LogP contribution in [0.5, 0.6) is 0 Å². The molecule has 0 saturated carbocycles. The number of rotatable bonds is 8. The Bertz CT molecular complexity index is 970. The standard InChI is InChI=1S/C22H19N3O2S2/c23-13-14-25(20-12-7-15-28-20)22(27)21(29-18-10-5-2-6-11-18)24-19(26)16-17-8-3-1-4-9-17/h1-12,15,21H,14,16H2,(H,24,26). The summed E-state index contributed by atoms with van der Waals surface area (Å²) in [6.07, 6.45) is 0.178. The van der Waals surface area contributed by atoms with Crippen molar-refractivity contribution in [3.8, 4) is 6.07 Å². The lowest BCUT2D eigenvalue weighted by Crippen LogP contribution is -2.47. The number of anilines is 1. The van der Waals surface area contributed by atoms with Crippen LogP contribution in [0.25, 0.3) is 0 Å². The van der Waals surface area contributed by atoms with Crippen LogP contribution < -0.4 is 10.2 Å². The van der Waals surface area contributed by atoms with Crippen molar-refractivity contribution in [3.05, 3.63) is 83.7 Å². The summed E-state index contributed by atoms with van der Waals surface area (Å²) in [4.78, 5) is 28.2. The fraction of sp³-hybridized carbons (Fsp3) is 0.136. The van der Waals surface area contributed by atoms with Gasteiger partial charge in [0.2, 0.25) is 5.91 Å². The average Bonchev–Trinajstić information content (AvgIpc) is 3.27. The number of nitrogens with one attached hydrogen (secondary N) is 1. The Balaban J connectivity index is 1.80. The van der Waals surface area contributed by atoms with Crippen LogP contribution in [0.4, 0.5) is 5.00 Å². The molecule has 2 amide bonds. The number of hydrogen-bond donors (Lipinski definition) is 1. The molecular weight excluding hydrogens is 402 g/mol. The van der Waals surface area contributed by atoms with E-state index in [2.05, 4.69) is 5.32 Å². The van der Waals surface area contributed by atoms with E-state index in [9.17, 15) is 14.9 Å². The second-order valence-electron chi connectivity index (χ2n) is 6.07. The van der Waals surface area contributed by atoms with Gasteiger partial charge in [-0.3, -0.25) is 14.5 Å². The predicted molar refractivity (Wildman–Crippen MR) is 117 cm³/mol. The van der Waals surface area contributed by atoms with Crippen LogP contribution in [0.1, 0.15) is 5.56 Å².